The Kier molecular flexibility index (Phi) is 8.29. The summed E-state index contributed by atoms with van der Waals surface area (Å²) in [5.41, 5.74) is 7.14. The van der Waals surface area contributed by atoms with Crippen LogP contribution in [0.3, 0.4) is 0 Å². The van der Waals surface area contributed by atoms with E-state index < -0.39 is 0 Å². The Hall–Kier alpha value is -1.02. The number of halogens is 1. The Morgan fingerprint density at radius 3 is 2.88 bits per heavy atom. The lowest BCUT2D eigenvalue weighted by atomic mass is 10.2. The topological polar surface area (TPSA) is 62.9 Å². The van der Waals surface area contributed by atoms with Crippen molar-refractivity contribution in [3.05, 3.63) is 29.8 Å². The van der Waals surface area contributed by atoms with Gasteiger partial charge in [0.2, 0.25) is 0 Å². The van der Waals surface area contributed by atoms with Crippen LogP contribution in [0.1, 0.15) is 38.2 Å². The molecule has 2 fully saturated rings. The second kappa shape index (κ2) is 10.2. The van der Waals surface area contributed by atoms with E-state index in [0.29, 0.717) is 18.5 Å². The minimum Gasteiger partial charge on any atom is -0.493 e. The van der Waals surface area contributed by atoms with E-state index in [4.69, 9.17) is 10.5 Å². The van der Waals surface area contributed by atoms with E-state index in [2.05, 4.69) is 28.2 Å². The molecule has 1 unspecified atom stereocenters. The van der Waals surface area contributed by atoms with Crippen LogP contribution in [0.4, 0.5) is 0 Å². The molecule has 3 rings (SSSR count). The lowest BCUT2D eigenvalue weighted by molar-refractivity contribution is 0.267. The molecular formula is C19H31IN4O. The number of nitrogens with two attached hydrogens (primary N) is 1. The van der Waals surface area contributed by atoms with E-state index in [-0.39, 0.29) is 24.0 Å². The fourth-order valence-corrected chi connectivity index (χ4v) is 3.26. The molecular weight excluding hydrogens is 427 g/mol. The van der Waals surface area contributed by atoms with Crippen LogP contribution in [0.25, 0.3) is 0 Å². The van der Waals surface area contributed by atoms with Gasteiger partial charge in [-0.05, 0) is 50.8 Å². The number of para-hydroxylation sites is 1. The maximum Gasteiger partial charge on any atom is 0.188 e. The Bertz CT molecular complexity index is 562. The molecule has 0 bridgehead atoms. The van der Waals surface area contributed by atoms with E-state index >= 15 is 0 Å². The third-order valence-electron chi connectivity index (χ3n) is 4.99. The Balaban J connectivity index is 0.00000225. The SMILES string of the molecule is CCN1CCCC1CNC(N)=NCc1ccccc1OCC1CC1.I. The van der Waals surface area contributed by atoms with E-state index in [0.717, 1.165) is 36.9 Å². The molecule has 1 aliphatic heterocycles. The van der Waals surface area contributed by atoms with Gasteiger partial charge in [0, 0.05) is 18.2 Å². The number of hydrogen-bond donors (Lipinski definition) is 2. The second-order valence-corrected chi connectivity index (χ2v) is 6.87. The maximum absolute atomic E-state index is 6.05. The molecule has 0 amide bonds. The smallest absolute Gasteiger partial charge is 0.188 e. The highest BCUT2D eigenvalue weighted by Crippen LogP contribution is 2.30. The highest BCUT2D eigenvalue weighted by Gasteiger charge is 2.23. The zero-order valence-electron chi connectivity index (χ0n) is 15.1. The lowest BCUT2D eigenvalue weighted by Gasteiger charge is -2.23. The lowest BCUT2D eigenvalue weighted by Crippen LogP contribution is -2.42. The monoisotopic (exact) mass is 458 g/mol. The molecule has 1 saturated heterocycles. The molecule has 140 valence electrons. The van der Waals surface area contributed by atoms with Gasteiger partial charge in [-0.2, -0.15) is 0 Å². The predicted octanol–water partition coefficient (Wildman–Crippen LogP) is 2.98. The third-order valence-corrected chi connectivity index (χ3v) is 4.99. The minimum absolute atomic E-state index is 0. The first-order valence-electron chi connectivity index (χ1n) is 9.24. The molecule has 1 aromatic rings. The number of nitrogens with zero attached hydrogens (tertiary/aromatic N) is 2. The van der Waals surface area contributed by atoms with Gasteiger partial charge in [0.25, 0.3) is 0 Å². The van der Waals surface area contributed by atoms with E-state index in [1.165, 1.54) is 32.2 Å². The van der Waals surface area contributed by atoms with Crippen molar-refractivity contribution in [2.75, 3.05) is 26.2 Å². The van der Waals surface area contributed by atoms with Crippen LogP contribution in [-0.4, -0.2) is 43.1 Å². The molecule has 0 radical (unpaired) electrons. The fourth-order valence-electron chi connectivity index (χ4n) is 3.26. The summed E-state index contributed by atoms with van der Waals surface area (Å²) in [4.78, 5) is 7.00. The van der Waals surface area contributed by atoms with Crippen molar-refractivity contribution in [3.63, 3.8) is 0 Å². The summed E-state index contributed by atoms with van der Waals surface area (Å²) in [7, 11) is 0. The number of nitrogens with one attached hydrogen (secondary N) is 1. The quantitative estimate of drug-likeness (QED) is 0.357. The van der Waals surface area contributed by atoms with Gasteiger partial charge >= 0.3 is 0 Å². The summed E-state index contributed by atoms with van der Waals surface area (Å²) in [6.07, 6.45) is 5.12. The van der Waals surface area contributed by atoms with Crippen LogP contribution in [-0.2, 0) is 6.54 Å². The van der Waals surface area contributed by atoms with Gasteiger partial charge in [-0.25, -0.2) is 4.99 Å². The minimum atomic E-state index is 0. The molecule has 3 N–H and O–H groups in total. The van der Waals surface area contributed by atoms with Gasteiger partial charge in [-0.3, -0.25) is 4.90 Å². The summed E-state index contributed by atoms with van der Waals surface area (Å²) in [5, 5.41) is 3.28. The number of likely N-dealkylation sites (tertiary alicyclic amines) is 1. The van der Waals surface area contributed by atoms with Crippen LogP contribution in [0, 0.1) is 5.92 Å². The van der Waals surface area contributed by atoms with Crippen molar-refractivity contribution in [2.24, 2.45) is 16.6 Å². The number of aliphatic imine (C=N–C) groups is 1. The van der Waals surface area contributed by atoms with E-state index in [1.807, 2.05) is 18.2 Å². The zero-order chi connectivity index (χ0) is 16.8. The van der Waals surface area contributed by atoms with Gasteiger partial charge in [0.1, 0.15) is 5.75 Å². The number of hydrogen-bond acceptors (Lipinski definition) is 3. The van der Waals surface area contributed by atoms with Crippen molar-refractivity contribution < 1.29 is 4.74 Å². The summed E-state index contributed by atoms with van der Waals surface area (Å²) in [5.74, 6) is 2.21. The highest BCUT2D eigenvalue weighted by molar-refractivity contribution is 14.0. The molecule has 1 aliphatic carbocycles. The van der Waals surface area contributed by atoms with E-state index in [1.54, 1.807) is 0 Å². The summed E-state index contributed by atoms with van der Waals surface area (Å²) in [6.45, 7) is 6.78. The number of benzene rings is 1. The normalized spacial score (nSPS) is 21.0. The molecule has 0 spiro atoms. The highest BCUT2D eigenvalue weighted by atomic mass is 127. The molecule has 0 aromatic heterocycles. The summed E-state index contributed by atoms with van der Waals surface area (Å²) in [6, 6.07) is 8.70. The zero-order valence-corrected chi connectivity index (χ0v) is 17.4. The first-order valence-corrected chi connectivity index (χ1v) is 9.24. The largest absolute Gasteiger partial charge is 0.493 e. The average Bonchev–Trinajstić information content (AvgIpc) is 3.33. The number of ether oxygens (including phenoxy) is 1. The van der Waals surface area contributed by atoms with Crippen LogP contribution in [0.15, 0.2) is 29.3 Å². The first kappa shape index (κ1) is 20.3. The molecule has 1 atom stereocenters. The first-order chi connectivity index (χ1) is 11.8. The van der Waals surface area contributed by atoms with Crippen LogP contribution >= 0.6 is 24.0 Å². The van der Waals surface area contributed by atoms with Gasteiger partial charge in [-0.15, -0.1) is 24.0 Å². The molecule has 6 heteroatoms. The van der Waals surface area contributed by atoms with Gasteiger partial charge in [0.05, 0.1) is 13.2 Å². The number of likely N-dealkylation sites (N-methyl/N-ethyl adjacent to an activating group) is 1. The Labute approximate surface area is 168 Å². The molecule has 1 aromatic carbocycles. The van der Waals surface area contributed by atoms with E-state index in [9.17, 15) is 0 Å². The summed E-state index contributed by atoms with van der Waals surface area (Å²) < 4.78 is 5.93. The van der Waals surface area contributed by atoms with Gasteiger partial charge in [-0.1, -0.05) is 25.1 Å². The average molecular weight is 458 g/mol. The standard InChI is InChI=1S/C19H30N4O.HI/c1-2-23-11-5-7-17(23)13-22-19(20)21-12-16-6-3-4-8-18(16)24-14-15-9-10-15;/h3-4,6,8,15,17H,2,5,7,9-14H2,1H3,(H3,20,21,22);1H. The Morgan fingerprint density at radius 2 is 2.12 bits per heavy atom. The van der Waals surface area contributed by atoms with Crippen LogP contribution < -0.4 is 15.8 Å². The molecule has 1 saturated carbocycles. The van der Waals surface area contributed by atoms with Crippen molar-refractivity contribution in [3.8, 4) is 5.75 Å². The van der Waals surface area contributed by atoms with Crippen LogP contribution in [0.5, 0.6) is 5.75 Å². The van der Waals surface area contributed by atoms with Crippen molar-refractivity contribution >= 4 is 29.9 Å². The molecule has 1 heterocycles. The van der Waals surface area contributed by atoms with Crippen molar-refractivity contribution in [2.45, 2.75) is 45.2 Å². The Morgan fingerprint density at radius 1 is 1.32 bits per heavy atom. The summed E-state index contributed by atoms with van der Waals surface area (Å²) >= 11 is 0. The van der Waals surface area contributed by atoms with Crippen molar-refractivity contribution in [1.29, 1.82) is 0 Å². The number of rotatable bonds is 8. The maximum atomic E-state index is 6.05. The van der Waals surface area contributed by atoms with Gasteiger partial charge < -0.3 is 15.8 Å². The molecule has 5 nitrogen and oxygen atoms in total. The molecule has 25 heavy (non-hydrogen) atoms. The number of guanidine groups is 1. The second-order valence-electron chi connectivity index (χ2n) is 6.87. The predicted molar refractivity (Wildman–Crippen MR) is 114 cm³/mol. The molecule has 2 aliphatic rings. The van der Waals surface area contributed by atoms with Crippen molar-refractivity contribution in [1.82, 2.24) is 10.2 Å². The van der Waals surface area contributed by atoms with Gasteiger partial charge in [0.15, 0.2) is 5.96 Å². The fraction of sp³-hybridized carbons (Fsp3) is 0.632. The third kappa shape index (κ3) is 6.33. The van der Waals surface area contributed by atoms with Crippen LogP contribution in [0.2, 0.25) is 0 Å².